The van der Waals surface area contributed by atoms with Gasteiger partial charge in [-0.05, 0) is 18.8 Å². The predicted octanol–water partition coefficient (Wildman–Crippen LogP) is 0.0541. The molecule has 1 amide bonds. The molecule has 0 aliphatic rings. The topological polar surface area (TPSA) is 90.6 Å². The molecule has 2 atom stereocenters. The van der Waals surface area contributed by atoms with Crippen LogP contribution in [0.5, 0.6) is 0 Å². The summed E-state index contributed by atoms with van der Waals surface area (Å²) < 4.78 is 9.51. The number of rotatable bonds is 8. The van der Waals surface area contributed by atoms with Gasteiger partial charge in [-0.25, -0.2) is 4.79 Å². The van der Waals surface area contributed by atoms with E-state index in [2.05, 4.69) is 10.1 Å². The van der Waals surface area contributed by atoms with Gasteiger partial charge in [-0.1, -0.05) is 13.8 Å². The van der Waals surface area contributed by atoms with Gasteiger partial charge in [0.25, 0.3) is 0 Å². The van der Waals surface area contributed by atoms with Gasteiger partial charge in [0.2, 0.25) is 5.91 Å². The van der Waals surface area contributed by atoms with Crippen LogP contribution in [0.25, 0.3) is 0 Å². The zero-order valence-corrected chi connectivity index (χ0v) is 11.6. The highest BCUT2D eigenvalue weighted by atomic mass is 16.5. The van der Waals surface area contributed by atoms with E-state index in [1.54, 1.807) is 7.11 Å². The van der Waals surface area contributed by atoms with Crippen LogP contribution in [0.3, 0.4) is 0 Å². The van der Waals surface area contributed by atoms with Gasteiger partial charge in [0.1, 0.15) is 6.04 Å². The van der Waals surface area contributed by atoms with E-state index in [1.165, 1.54) is 7.11 Å². The van der Waals surface area contributed by atoms with Gasteiger partial charge >= 0.3 is 5.97 Å². The Hall–Kier alpha value is -1.14. The van der Waals surface area contributed by atoms with Gasteiger partial charge < -0.3 is 20.5 Å². The summed E-state index contributed by atoms with van der Waals surface area (Å²) in [4.78, 5) is 23.3. The smallest absolute Gasteiger partial charge is 0.328 e. The Morgan fingerprint density at radius 2 is 1.89 bits per heavy atom. The van der Waals surface area contributed by atoms with Crippen molar-refractivity contribution >= 4 is 11.9 Å². The molecule has 1 unspecified atom stereocenters. The van der Waals surface area contributed by atoms with Crippen LogP contribution in [0.2, 0.25) is 0 Å². The summed E-state index contributed by atoms with van der Waals surface area (Å²) in [6.07, 6.45) is 0.938. The van der Waals surface area contributed by atoms with E-state index in [0.29, 0.717) is 19.4 Å². The lowest BCUT2D eigenvalue weighted by Gasteiger charge is -2.20. The average Bonchev–Trinajstić information content (AvgIpc) is 2.33. The number of hydrogen-bond acceptors (Lipinski definition) is 5. The highest BCUT2D eigenvalue weighted by molar-refractivity contribution is 5.87. The van der Waals surface area contributed by atoms with Crippen LogP contribution in [0, 0.1) is 5.92 Å². The first-order valence-electron chi connectivity index (χ1n) is 6.05. The fourth-order valence-electron chi connectivity index (χ4n) is 1.48. The van der Waals surface area contributed by atoms with Crippen molar-refractivity contribution in [3.8, 4) is 0 Å². The first kappa shape index (κ1) is 16.9. The van der Waals surface area contributed by atoms with Gasteiger partial charge in [0.05, 0.1) is 13.2 Å². The summed E-state index contributed by atoms with van der Waals surface area (Å²) in [7, 11) is 2.84. The van der Waals surface area contributed by atoms with Crippen molar-refractivity contribution in [2.24, 2.45) is 11.7 Å². The molecule has 0 bridgehead atoms. The normalized spacial score (nSPS) is 14.1. The number of carbonyl (C=O) groups excluding carboxylic acids is 2. The molecular weight excluding hydrogens is 236 g/mol. The Morgan fingerprint density at radius 1 is 1.28 bits per heavy atom. The maximum atomic E-state index is 11.8. The number of methoxy groups -OCH3 is 2. The molecule has 0 fully saturated rings. The Labute approximate surface area is 108 Å². The first-order valence-corrected chi connectivity index (χ1v) is 6.05. The van der Waals surface area contributed by atoms with E-state index < -0.39 is 18.1 Å². The van der Waals surface area contributed by atoms with Crippen molar-refractivity contribution in [1.29, 1.82) is 0 Å². The quantitative estimate of drug-likeness (QED) is 0.602. The lowest BCUT2D eigenvalue weighted by Crippen LogP contribution is -2.49. The lowest BCUT2D eigenvalue weighted by atomic mass is 10.0. The molecule has 0 radical (unpaired) electrons. The van der Waals surface area contributed by atoms with E-state index in [1.807, 2.05) is 13.8 Å². The predicted molar refractivity (Wildman–Crippen MR) is 67.9 cm³/mol. The van der Waals surface area contributed by atoms with Gasteiger partial charge in [0.15, 0.2) is 0 Å². The van der Waals surface area contributed by atoms with Gasteiger partial charge in [-0.3, -0.25) is 4.79 Å². The Kier molecular flexibility index (Phi) is 8.32. The standard InChI is InChI=1S/C12H24N2O4/c1-8(2)7-10(12(16)18-4)14-11(15)9(13)5-6-17-3/h8-10H,5-7,13H2,1-4H3,(H,14,15)/t9?,10-/m0/s1. The van der Waals surface area contributed by atoms with Gasteiger partial charge in [-0.15, -0.1) is 0 Å². The lowest BCUT2D eigenvalue weighted by molar-refractivity contribution is -0.145. The van der Waals surface area contributed by atoms with Crippen molar-refractivity contribution in [2.45, 2.75) is 38.8 Å². The minimum Gasteiger partial charge on any atom is -0.467 e. The minimum absolute atomic E-state index is 0.268. The van der Waals surface area contributed by atoms with Crippen LogP contribution in [0.4, 0.5) is 0 Å². The van der Waals surface area contributed by atoms with E-state index >= 15 is 0 Å². The number of hydrogen-bond donors (Lipinski definition) is 2. The zero-order chi connectivity index (χ0) is 14.1. The minimum atomic E-state index is -0.677. The number of amides is 1. The summed E-state index contributed by atoms with van der Waals surface area (Å²) in [5.41, 5.74) is 5.68. The summed E-state index contributed by atoms with van der Waals surface area (Å²) in [6.45, 7) is 4.33. The molecule has 18 heavy (non-hydrogen) atoms. The third kappa shape index (κ3) is 6.56. The zero-order valence-electron chi connectivity index (χ0n) is 11.6. The molecule has 106 valence electrons. The fraction of sp³-hybridized carbons (Fsp3) is 0.833. The second kappa shape index (κ2) is 8.88. The van der Waals surface area contributed by atoms with Crippen molar-refractivity contribution in [2.75, 3.05) is 20.8 Å². The van der Waals surface area contributed by atoms with Crippen molar-refractivity contribution in [1.82, 2.24) is 5.32 Å². The Morgan fingerprint density at radius 3 is 2.33 bits per heavy atom. The van der Waals surface area contributed by atoms with Gasteiger partial charge in [-0.2, -0.15) is 0 Å². The second-order valence-corrected chi connectivity index (χ2v) is 4.60. The summed E-state index contributed by atoms with van der Waals surface area (Å²) in [5.74, 6) is -0.538. The molecule has 0 aromatic heterocycles. The molecule has 6 heteroatoms. The molecule has 0 heterocycles. The number of carbonyl (C=O) groups is 2. The molecule has 3 N–H and O–H groups in total. The first-order chi connectivity index (χ1) is 8.42. The van der Waals surface area contributed by atoms with Crippen molar-refractivity contribution in [3.63, 3.8) is 0 Å². The van der Waals surface area contributed by atoms with Gasteiger partial charge in [0, 0.05) is 13.7 Å². The Bertz CT molecular complexity index is 269. The number of ether oxygens (including phenoxy) is 2. The maximum absolute atomic E-state index is 11.8. The van der Waals surface area contributed by atoms with Crippen LogP contribution in [-0.4, -0.2) is 44.8 Å². The van der Waals surface area contributed by atoms with Crippen LogP contribution < -0.4 is 11.1 Å². The molecule has 0 aromatic rings. The molecule has 0 aliphatic carbocycles. The highest BCUT2D eigenvalue weighted by Crippen LogP contribution is 2.06. The third-order valence-corrected chi connectivity index (χ3v) is 2.48. The third-order valence-electron chi connectivity index (χ3n) is 2.48. The summed E-state index contributed by atoms with van der Waals surface area (Å²) >= 11 is 0. The molecular formula is C12H24N2O4. The summed E-state index contributed by atoms with van der Waals surface area (Å²) in [6, 6.07) is -1.32. The maximum Gasteiger partial charge on any atom is 0.328 e. The summed E-state index contributed by atoms with van der Waals surface area (Å²) in [5, 5.41) is 2.61. The molecule has 0 rings (SSSR count). The molecule has 0 saturated carbocycles. The highest BCUT2D eigenvalue weighted by Gasteiger charge is 2.24. The monoisotopic (exact) mass is 260 g/mol. The van der Waals surface area contributed by atoms with Crippen LogP contribution in [-0.2, 0) is 19.1 Å². The van der Waals surface area contributed by atoms with E-state index in [-0.39, 0.29) is 11.8 Å². The Balaban J connectivity index is 4.38. The van der Waals surface area contributed by atoms with E-state index in [4.69, 9.17) is 10.5 Å². The fourth-order valence-corrected chi connectivity index (χ4v) is 1.48. The number of nitrogens with one attached hydrogen (secondary N) is 1. The van der Waals surface area contributed by atoms with Crippen LogP contribution >= 0.6 is 0 Å². The van der Waals surface area contributed by atoms with E-state index in [0.717, 1.165) is 0 Å². The molecule has 6 nitrogen and oxygen atoms in total. The average molecular weight is 260 g/mol. The largest absolute Gasteiger partial charge is 0.467 e. The SMILES string of the molecule is COCCC(N)C(=O)N[C@@H](CC(C)C)C(=O)OC. The van der Waals surface area contributed by atoms with E-state index in [9.17, 15) is 9.59 Å². The molecule has 0 aromatic carbocycles. The van der Waals surface area contributed by atoms with Crippen LogP contribution in [0.15, 0.2) is 0 Å². The molecule has 0 aliphatic heterocycles. The van der Waals surface area contributed by atoms with Crippen molar-refractivity contribution < 1.29 is 19.1 Å². The number of esters is 1. The van der Waals surface area contributed by atoms with Crippen molar-refractivity contribution in [3.05, 3.63) is 0 Å². The van der Waals surface area contributed by atoms with Crippen LogP contribution in [0.1, 0.15) is 26.7 Å². The molecule has 0 saturated heterocycles. The second-order valence-electron chi connectivity index (χ2n) is 4.60. The number of nitrogens with two attached hydrogens (primary N) is 1. The molecule has 0 spiro atoms.